The molecule has 82 valence electrons. The largest absolute Gasteiger partial charge is 0.396 e. The summed E-state index contributed by atoms with van der Waals surface area (Å²) in [6.07, 6.45) is 3.39. The Balaban J connectivity index is 2.01. The molecule has 1 aromatic rings. The molecule has 2 N–H and O–H groups in total. The number of aromatic amines is 1. The first-order chi connectivity index (χ1) is 7.20. The third kappa shape index (κ3) is 2.36. The zero-order valence-corrected chi connectivity index (χ0v) is 8.35. The van der Waals surface area contributed by atoms with Gasteiger partial charge in [0.25, 0.3) is 5.56 Å². The number of aliphatic hydroxyl groups excluding tert-OH is 1. The predicted octanol–water partition coefficient (Wildman–Crippen LogP) is -0.445. The molecule has 1 saturated carbocycles. The SMILES string of the molecule is O=c1ccn(C[C@@H]2C[C@H]2CCO)c(=O)[nH]1. The van der Waals surface area contributed by atoms with Gasteiger partial charge in [-0.25, -0.2) is 4.79 Å². The van der Waals surface area contributed by atoms with Gasteiger partial charge in [-0.1, -0.05) is 0 Å². The van der Waals surface area contributed by atoms with E-state index in [2.05, 4.69) is 4.98 Å². The topological polar surface area (TPSA) is 75.1 Å². The minimum atomic E-state index is -0.362. The third-order valence-corrected chi connectivity index (χ3v) is 2.90. The molecule has 0 saturated heterocycles. The summed E-state index contributed by atoms with van der Waals surface area (Å²) >= 11 is 0. The molecule has 0 spiro atoms. The highest BCUT2D eigenvalue weighted by Gasteiger charge is 2.36. The smallest absolute Gasteiger partial charge is 0.328 e. The van der Waals surface area contributed by atoms with E-state index in [1.54, 1.807) is 0 Å². The minimum absolute atomic E-state index is 0.210. The zero-order chi connectivity index (χ0) is 10.8. The lowest BCUT2D eigenvalue weighted by Gasteiger charge is -2.02. The van der Waals surface area contributed by atoms with Crippen molar-refractivity contribution in [3.63, 3.8) is 0 Å². The maximum absolute atomic E-state index is 11.3. The van der Waals surface area contributed by atoms with Crippen LogP contribution >= 0.6 is 0 Å². The summed E-state index contributed by atoms with van der Waals surface area (Å²) in [5.41, 5.74) is -0.712. The Morgan fingerprint density at radius 2 is 2.27 bits per heavy atom. The average Bonchev–Trinajstić information content (AvgIpc) is 2.90. The molecule has 1 aliphatic carbocycles. The summed E-state index contributed by atoms with van der Waals surface area (Å²) in [5.74, 6) is 1.01. The van der Waals surface area contributed by atoms with Gasteiger partial charge in [-0.3, -0.25) is 9.78 Å². The second-order valence-electron chi connectivity index (χ2n) is 4.03. The van der Waals surface area contributed by atoms with Crippen LogP contribution in [0, 0.1) is 11.8 Å². The fourth-order valence-electron chi connectivity index (χ4n) is 1.89. The maximum atomic E-state index is 11.3. The highest BCUT2D eigenvalue weighted by atomic mass is 16.3. The van der Waals surface area contributed by atoms with Crippen LogP contribution in [0.2, 0.25) is 0 Å². The number of aliphatic hydroxyl groups is 1. The van der Waals surface area contributed by atoms with Crippen LogP contribution in [-0.2, 0) is 6.54 Å². The van der Waals surface area contributed by atoms with E-state index in [9.17, 15) is 9.59 Å². The molecular weight excluding hydrogens is 196 g/mol. The van der Waals surface area contributed by atoms with Gasteiger partial charge in [-0.05, 0) is 24.7 Å². The molecule has 15 heavy (non-hydrogen) atoms. The molecule has 1 fully saturated rings. The minimum Gasteiger partial charge on any atom is -0.396 e. The van der Waals surface area contributed by atoms with Crippen LogP contribution in [0.4, 0.5) is 0 Å². The molecule has 0 aliphatic heterocycles. The van der Waals surface area contributed by atoms with E-state index in [0.717, 1.165) is 12.8 Å². The summed E-state index contributed by atoms with van der Waals surface area (Å²) < 4.78 is 1.52. The van der Waals surface area contributed by atoms with Crippen LogP contribution in [0.3, 0.4) is 0 Å². The van der Waals surface area contributed by atoms with E-state index in [1.807, 2.05) is 0 Å². The van der Waals surface area contributed by atoms with E-state index < -0.39 is 0 Å². The molecule has 0 bridgehead atoms. The van der Waals surface area contributed by atoms with Crippen molar-refractivity contribution in [1.82, 2.24) is 9.55 Å². The molecule has 0 radical (unpaired) electrons. The van der Waals surface area contributed by atoms with Gasteiger partial charge in [0.2, 0.25) is 0 Å². The number of nitrogens with zero attached hydrogens (tertiary/aromatic N) is 1. The molecule has 5 nitrogen and oxygen atoms in total. The predicted molar refractivity (Wildman–Crippen MR) is 54.6 cm³/mol. The van der Waals surface area contributed by atoms with Crippen molar-refractivity contribution < 1.29 is 5.11 Å². The third-order valence-electron chi connectivity index (χ3n) is 2.90. The van der Waals surface area contributed by atoms with Crippen LogP contribution in [-0.4, -0.2) is 21.3 Å². The summed E-state index contributed by atoms with van der Waals surface area (Å²) in [4.78, 5) is 24.4. The number of rotatable bonds is 4. The normalized spacial score (nSPS) is 24.1. The fraction of sp³-hybridized carbons (Fsp3) is 0.600. The van der Waals surface area contributed by atoms with Crippen molar-refractivity contribution in [1.29, 1.82) is 0 Å². The second kappa shape index (κ2) is 4.02. The summed E-state index contributed by atoms with van der Waals surface area (Å²) in [5, 5.41) is 8.74. The van der Waals surface area contributed by atoms with E-state index in [1.165, 1.54) is 16.8 Å². The Morgan fingerprint density at radius 3 is 2.93 bits per heavy atom. The van der Waals surface area contributed by atoms with Gasteiger partial charge < -0.3 is 9.67 Å². The Morgan fingerprint density at radius 1 is 1.47 bits per heavy atom. The molecule has 2 atom stereocenters. The lowest BCUT2D eigenvalue weighted by atomic mass is 10.2. The number of nitrogens with one attached hydrogen (secondary N) is 1. The van der Waals surface area contributed by atoms with Crippen molar-refractivity contribution in [2.24, 2.45) is 11.8 Å². The second-order valence-corrected chi connectivity index (χ2v) is 4.03. The van der Waals surface area contributed by atoms with Crippen molar-refractivity contribution in [3.05, 3.63) is 33.1 Å². The zero-order valence-electron chi connectivity index (χ0n) is 8.35. The lowest BCUT2D eigenvalue weighted by molar-refractivity contribution is 0.275. The van der Waals surface area contributed by atoms with Gasteiger partial charge in [0, 0.05) is 25.4 Å². The Bertz CT molecular complexity index is 448. The van der Waals surface area contributed by atoms with Crippen LogP contribution < -0.4 is 11.2 Å². The molecule has 5 heteroatoms. The quantitative estimate of drug-likeness (QED) is 0.707. The Hall–Kier alpha value is -1.36. The van der Waals surface area contributed by atoms with Crippen molar-refractivity contribution >= 4 is 0 Å². The van der Waals surface area contributed by atoms with Gasteiger partial charge in [0.1, 0.15) is 0 Å². The van der Waals surface area contributed by atoms with E-state index in [4.69, 9.17) is 5.11 Å². The van der Waals surface area contributed by atoms with Crippen LogP contribution in [0.5, 0.6) is 0 Å². The number of aromatic nitrogens is 2. The number of H-pyrrole nitrogens is 1. The number of hydrogen-bond donors (Lipinski definition) is 2. The highest BCUT2D eigenvalue weighted by molar-refractivity contribution is 4.89. The van der Waals surface area contributed by atoms with Gasteiger partial charge in [-0.15, -0.1) is 0 Å². The first kappa shape index (κ1) is 10.2. The molecule has 2 rings (SSSR count). The maximum Gasteiger partial charge on any atom is 0.328 e. The van der Waals surface area contributed by atoms with Crippen molar-refractivity contribution in [2.75, 3.05) is 6.61 Å². The van der Waals surface area contributed by atoms with Gasteiger partial charge >= 0.3 is 5.69 Å². The summed E-state index contributed by atoms with van der Waals surface area (Å²) in [6.45, 7) is 0.849. The molecule has 1 aromatic heterocycles. The molecule has 0 amide bonds. The monoisotopic (exact) mass is 210 g/mol. The Labute approximate surface area is 86.4 Å². The molecule has 0 aromatic carbocycles. The lowest BCUT2D eigenvalue weighted by Crippen LogP contribution is -2.29. The van der Waals surface area contributed by atoms with E-state index in [0.29, 0.717) is 18.4 Å². The van der Waals surface area contributed by atoms with E-state index in [-0.39, 0.29) is 17.9 Å². The molecule has 0 unspecified atom stereocenters. The van der Waals surface area contributed by atoms with E-state index >= 15 is 0 Å². The van der Waals surface area contributed by atoms with Crippen LogP contribution in [0.25, 0.3) is 0 Å². The fourth-order valence-corrected chi connectivity index (χ4v) is 1.89. The van der Waals surface area contributed by atoms with Gasteiger partial charge in [0.05, 0.1) is 0 Å². The standard InChI is InChI=1S/C10H14N2O3/c13-4-2-7-5-8(7)6-12-3-1-9(14)11-10(12)15/h1,3,7-8,13H,2,4-6H2,(H,11,14,15)/t7-,8+/m1/s1. The molecule has 1 aliphatic rings. The van der Waals surface area contributed by atoms with Crippen molar-refractivity contribution in [2.45, 2.75) is 19.4 Å². The van der Waals surface area contributed by atoms with Gasteiger partial charge in [0.15, 0.2) is 0 Å². The average molecular weight is 210 g/mol. The van der Waals surface area contributed by atoms with Crippen LogP contribution in [0.1, 0.15) is 12.8 Å². The summed E-state index contributed by atoms with van der Waals surface area (Å²) in [6, 6.07) is 1.35. The first-order valence-corrected chi connectivity index (χ1v) is 5.11. The first-order valence-electron chi connectivity index (χ1n) is 5.11. The van der Waals surface area contributed by atoms with Gasteiger partial charge in [-0.2, -0.15) is 0 Å². The molecular formula is C10H14N2O3. The van der Waals surface area contributed by atoms with Crippen LogP contribution in [0.15, 0.2) is 21.9 Å². The molecule has 1 heterocycles. The van der Waals surface area contributed by atoms with Crippen molar-refractivity contribution in [3.8, 4) is 0 Å². The Kier molecular flexibility index (Phi) is 2.73. The number of hydrogen-bond acceptors (Lipinski definition) is 3. The summed E-state index contributed by atoms with van der Waals surface area (Å²) in [7, 11) is 0. The highest BCUT2D eigenvalue weighted by Crippen LogP contribution is 2.41.